The van der Waals surface area contributed by atoms with Crippen molar-refractivity contribution < 1.29 is 9.21 Å². The molecule has 1 aliphatic carbocycles. The third-order valence-electron chi connectivity index (χ3n) is 3.93. The van der Waals surface area contributed by atoms with E-state index < -0.39 is 0 Å². The topological polar surface area (TPSA) is 46.3 Å². The molecule has 5 heteroatoms. The predicted octanol–water partition coefficient (Wildman–Crippen LogP) is 3.91. The number of halogens is 1. The summed E-state index contributed by atoms with van der Waals surface area (Å²) in [4.78, 5) is 18.7. The fraction of sp³-hybridized carbons (Fsp3) is 0.375. The van der Waals surface area contributed by atoms with Crippen molar-refractivity contribution in [2.75, 3.05) is 0 Å². The smallest absolute Gasteiger partial charge is 0.257 e. The predicted molar refractivity (Wildman–Crippen MR) is 80.1 cm³/mol. The molecule has 1 amide bonds. The summed E-state index contributed by atoms with van der Waals surface area (Å²) in [5, 5.41) is 0.442. The average molecular weight is 305 g/mol. The van der Waals surface area contributed by atoms with Gasteiger partial charge in [-0.25, -0.2) is 0 Å². The third-order valence-corrected chi connectivity index (χ3v) is 4.26. The zero-order valence-corrected chi connectivity index (χ0v) is 12.4. The van der Waals surface area contributed by atoms with Gasteiger partial charge >= 0.3 is 0 Å². The fourth-order valence-corrected chi connectivity index (χ4v) is 3.03. The summed E-state index contributed by atoms with van der Waals surface area (Å²) in [6, 6.07) is 5.62. The highest BCUT2D eigenvalue weighted by Gasteiger charge is 2.29. The number of nitrogens with zero attached hydrogens (tertiary/aromatic N) is 2. The number of carbonyl (C=O) groups is 1. The molecule has 0 spiro atoms. The number of pyridine rings is 1. The highest BCUT2D eigenvalue weighted by molar-refractivity contribution is 6.33. The minimum atomic E-state index is -0.0728. The monoisotopic (exact) mass is 304 g/mol. The summed E-state index contributed by atoms with van der Waals surface area (Å²) >= 11 is 6.14. The number of carbonyl (C=O) groups excluding carboxylic acids is 1. The Hall–Kier alpha value is -1.81. The summed E-state index contributed by atoms with van der Waals surface area (Å²) in [7, 11) is 0. The van der Waals surface area contributed by atoms with Crippen LogP contribution in [-0.2, 0) is 6.54 Å². The van der Waals surface area contributed by atoms with Crippen LogP contribution in [0.3, 0.4) is 0 Å². The van der Waals surface area contributed by atoms with Crippen LogP contribution < -0.4 is 0 Å². The molecule has 21 heavy (non-hydrogen) atoms. The van der Waals surface area contributed by atoms with E-state index in [2.05, 4.69) is 4.98 Å². The molecule has 0 N–H and O–H groups in total. The number of hydrogen-bond donors (Lipinski definition) is 0. The first-order valence-electron chi connectivity index (χ1n) is 7.18. The molecule has 1 fully saturated rings. The van der Waals surface area contributed by atoms with Crippen molar-refractivity contribution in [2.24, 2.45) is 0 Å². The van der Waals surface area contributed by atoms with Gasteiger partial charge in [-0.1, -0.05) is 24.4 Å². The first kappa shape index (κ1) is 14.1. The molecule has 0 atom stereocenters. The Bertz CT molecular complexity index is 606. The third kappa shape index (κ3) is 3.10. The molecule has 2 aromatic rings. The molecular formula is C16H17ClN2O2. The Kier molecular flexibility index (Phi) is 4.25. The Morgan fingerprint density at radius 3 is 2.86 bits per heavy atom. The quantitative estimate of drug-likeness (QED) is 0.860. The van der Waals surface area contributed by atoms with E-state index in [1.807, 2.05) is 17.0 Å². The van der Waals surface area contributed by atoms with E-state index in [0.717, 1.165) is 31.4 Å². The van der Waals surface area contributed by atoms with E-state index in [9.17, 15) is 4.79 Å². The van der Waals surface area contributed by atoms with Gasteiger partial charge in [0.15, 0.2) is 0 Å². The molecule has 0 saturated heterocycles. The SMILES string of the molecule is O=C(c1cnccc1Cl)N(Cc1ccco1)C1CCCC1. The van der Waals surface area contributed by atoms with Crippen molar-refractivity contribution in [3.8, 4) is 0 Å². The molecule has 0 unspecified atom stereocenters. The zero-order valence-electron chi connectivity index (χ0n) is 11.7. The fourth-order valence-electron chi connectivity index (χ4n) is 2.84. The van der Waals surface area contributed by atoms with Crippen LogP contribution in [0.2, 0.25) is 5.02 Å². The molecule has 4 nitrogen and oxygen atoms in total. The van der Waals surface area contributed by atoms with Crippen molar-refractivity contribution in [3.63, 3.8) is 0 Å². The van der Waals surface area contributed by atoms with Crippen molar-refractivity contribution in [3.05, 3.63) is 53.2 Å². The highest BCUT2D eigenvalue weighted by Crippen LogP contribution is 2.28. The van der Waals surface area contributed by atoms with Gasteiger partial charge in [0.05, 0.1) is 23.4 Å². The van der Waals surface area contributed by atoms with Gasteiger partial charge in [0.1, 0.15) is 5.76 Å². The lowest BCUT2D eigenvalue weighted by Gasteiger charge is -2.28. The maximum Gasteiger partial charge on any atom is 0.257 e. The Morgan fingerprint density at radius 1 is 1.38 bits per heavy atom. The lowest BCUT2D eigenvalue weighted by molar-refractivity contribution is 0.0648. The second kappa shape index (κ2) is 6.31. The minimum Gasteiger partial charge on any atom is -0.467 e. The van der Waals surface area contributed by atoms with Crippen LogP contribution in [0.5, 0.6) is 0 Å². The number of rotatable bonds is 4. The van der Waals surface area contributed by atoms with Crippen LogP contribution >= 0.6 is 11.6 Å². The first-order chi connectivity index (χ1) is 10.3. The van der Waals surface area contributed by atoms with Gasteiger partial charge in [0.25, 0.3) is 5.91 Å². The van der Waals surface area contributed by atoms with Crippen molar-refractivity contribution in [1.82, 2.24) is 9.88 Å². The summed E-state index contributed by atoms with van der Waals surface area (Å²) in [5.74, 6) is 0.715. The number of hydrogen-bond acceptors (Lipinski definition) is 3. The molecule has 110 valence electrons. The van der Waals surface area contributed by atoms with Crippen LogP contribution in [-0.4, -0.2) is 21.8 Å². The lowest BCUT2D eigenvalue weighted by Crippen LogP contribution is -2.38. The summed E-state index contributed by atoms with van der Waals surface area (Å²) < 4.78 is 5.40. The van der Waals surface area contributed by atoms with Crippen LogP contribution in [0.1, 0.15) is 41.8 Å². The maximum atomic E-state index is 12.8. The van der Waals surface area contributed by atoms with Gasteiger partial charge in [-0.05, 0) is 31.0 Å². The van der Waals surface area contributed by atoms with E-state index >= 15 is 0 Å². The molecule has 2 aromatic heterocycles. The van der Waals surface area contributed by atoms with E-state index in [1.54, 1.807) is 18.5 Å². The van der Waals surface area contributed by atoms with Crippen molar-refractivity contribution in [1.29, 1.82) is 0 Å². The molecule has 2 heterocycles. The van der Waals surface area contributed by atoms with Crippen LogP contribution in [0.15, 0.2) is 41.3 Å². The molecule has 0 radical (unpaired) electrons. The van der Waals surface area contributed by atoms with Gasteiger partial charge in [-0.3, -0.25) is 9.78 Å². The standard InChI is InChI=1S/C16H17ClN2O2/c17-15-7-8-18-10-14(15)16(20)19(12-4-1-2-5-12)11-13-6-3-9-21-13/h3,6-10,12H,1-2,4-5,11H2. The van der Waals surface area contributed by atoms with Crippen molar-refractivity contribution >= 4 is 17.5 Å². The second-order valence-electron chi connectivity index (χ2n) is 5.31. The molecule has 1 saturated carbocycles. The van der Waals surface area contributed by atoms with E-state index in [0.29, 0.717) is 17.1 Å². The van der Waals surface area contributed by atoms with Crippen LogP contribution in [0.25, 0.3) is 0 Å². The zero-order chi connectivity index (χ0) is 14.7. The lowest BCUT2D eigenvalue weighted by atomic mass is 10.1. The van der Waals surface area contributed by atoms with Crippen LogP contribution in [0.4, 0.5) is 0 Å². The summed E-state index contributed by atoms with van der Waals surface area (Å²) in [6.45, 7) is 0.474. The van der Waals surface area contributed by atoms with Gasteiger partial charge in [0, 0.05) is 18.4 Å². The average Bonchev–Trinajstić information content (AvgIpc) is 3.18. The number of aromatic nitrogens is 1. The van der Waals surface area contributed by atoms with Gasteiger partial charge in [0.2, 0.25) is 0 Å². The van der Waals surface area contributed by atoms with E-state index in [1.165, 1.54) is 6.20 Å². The second-order valence-corrected chi connectivity index (χ2v) is 5.71. The van der Waals surface area contributed by atoms with Crippen LogP contribution in [0, 0.1) is 0 Å². The molecule has 0 bridgehead atoms. The first-order valence-corrected chi connectivity index (χ1v) is 7.56. The summed E-state index contributed by atoms with van der Waals surface area (Å²) in [6.07, 6.45) is 9.14. The van der Waals surface area contributed by atoms with Gasteiger partial charge in [-0.15, -0.1) is 0 Å². The molecular weight excluding hydrogens is 288 g/mol. The number of amides is 1. The molecule has 1 aliphatic rings. The van der Waals surface area contributed by atoms with Gasteiger partial charge in [-0.2, -0.15) is 0 Å². The van der Waals surface area contributed by atoms with Gasteiger partial charge < -0.3 is 9.32 Å². The highest BCUT2D eigenvalue weighted by atomic mass is 35.5. The molecule has 0 aromatic carbocycles. The number of furan rings is 1. The molecule has 0 aliphatic heterocycles. The Balaban J connectivity index is 1.87. The minimum absolute atomic E-state index is 0.0728. The van der Waals surface area contributed by atoms with E-state index in [-0.39, 0.29) is 11.9 Å². The van der Waals surface area contributed by atoms with Crippen molar-refractivity contribution in [2.45, 2.75) is 38.3 Å². The summed E-state index contributed by atoms with van der Waals surface area (Å²) in [5.41, 5.74) is 0.456. The Labute approximate surface area is 128 Å². The maximum absolute atomic E-state index is 12.8. The normalized spacial score (nSPS) is 15.3. The van der Waals surface area contributed by atoms with E-state index in [4.69, 9.17) is 16.0 Å². The molecule has 3 rings (SSSR count). The largest absolute Gasteiger partial charge is 0.467 e. The Morgan fingerprint density at radius 2 is 2.19 bits per heavy atom.